The van der Waals surface area contributed by atoms with Gasteiger partial charge in [-0.05, 0) is 81.4 Å². The van der Waals surface area contributed by atoms with E-state index in [-0.39, 0.29) is 24.0 Å². The molecule has 67 heavy (non-hydrogen) atoms. The van der Waals surface area contributed by atoms with Gasteiger partial charge in [0.25, 0.3) is 0 Å². The van der Waals surface area contributed by atoms with Crippen LogP contribution in [-0.4, -0.2) is 177 Å². The van der Waals surface area contributed by atoms with Gasteiger partial charge >= 0.3 is 12.0 Å². The molecule has 0 saturated carbocycles. The van der Waals surface area contributed by atoms with Gasteiger partial charge in [-0.2, -0.15) is 11.8 Å². The quantitative estimate of drug-likeness (QED) is 0.0371. The first kappa shape index (κ1) is 54.5. The predicted octanol–water partition coefficient (Wildman–Crippen LogP) is 5.65. The molecule has 0 aliphatic carbocycles. The molecule has 0 unspecified atom stereocenters. The Balaban J connectivity index is 0.740. The van der Waals surface area contributed by atoms with Crippen LogP contribution in [0.25, 0.3) is 0 Å². The summed E-state index contributed by atoms with van der Waals surface area (Å²) in [6.45, 7) is 8.80. The normalized spacial score (nSPS) is 17.8. The molecule has 3 aliphatic rings. The summed E-state index contributed by atoms with van der Waals surface area (Å²) in [7, 11) is 2.02. The highest BCUT2D eigenvalue weighted by Gasteiger charge is 2.42. The molecule has 0 radical (unpaired) electrons. The lowest BCUT2D eigenvalue weighted by Gasteiger charge is -2.27. The van der Waals surface area contributed by atoms with E-state index in [1.54, 1.807) is 6.08 Å². The zero-order valence-electron chi connectivity index (χ0n) is 39.4. The van der Waals surface area contributed by atoms with Crippen molar-refractivity contribution in [1.82, 2.24) is 20.9 Å². The lowest BCUT2D eigenvalue weighted by molar-refractivity contribution is -0.133. The second kappa shape index (κ2) is 32.3. The molecule has 4 N–H and O–H groups in total. The highest BCUT2D eigenvalue weighted by atomic mass is 35.5. The summed E-state index contributed by atoms with van der Waals surface area (Å²) in [6.07, 6.45) is 9.39. The van der Waals surface area contributed by atoms with E-state index in [0.29, 0.717) is 129 Å². The molecule has 3 atom stereocenters. The fourth-order valence-corrected chi connectivity index (χ4v) is 9.87. The van der Waals surface area contributed by atoms with Crippen LogP contribution in [-0.2, 0) is 55.6 Å². The Hall–Kier alpha value is -3.49. The first-order chi connectivity index (χ1) is 32.8. The highest BCUT2D eigenvalue weighted by Crippen LogP contribution is 2.38. The number of anilines is 2. The molecule has 18 heteroatoms. The van der Waals surface area contributed by atoms with Crippen LogP contribution in [0.15, 0.2) is 54.1 Å². The molecular formula is C49H74ClN5O11S. The van der Waals surface area contributed by atoms with Crippen molar-refractivity contribution < 1.29 is 52.6 Å². The Morgan fingerprint density at radius 1 is 0.776 bits per heavy atom. The molecule has 3 heterocycles. The van der Waals surface area contributed by atoms with Gasteiger partial charge in [0.2, 0.25) is 5.91 Å². The minimum atomic E-state index is -0.921. The number of carbonyl (C=O) groups excluding carboxylic acids is 2. The first-order valence-corrected chi connectivity index (χ1v) is 25.5. The maximum absolute atomic E-state index is 12.1. The van der Waals surface area contributed by atoms with E-state index in [4.69, 9.17) is 44.8 Å². The maximum atomic E-state index is 12.1. The molecule has 0 spiro atoms. The van der Waals surface area contributed by atoms with Crippen LogP contribution in [0, 0.1) is 0 Å². The molecule has 16 nitrogen and oxygen atoms in total. The third kappa shape index (κ3) is 21.0. The van der Waals surface area contributed by atoms with Crippen LogP contribution in [0.2, 0.25) is 5.02 Å². The number of hydrogen-bond donors (Lipinski definition) is 4. The van der Waals surface area contributed by atoms with E-state index in [2.05, 4.69) is 62.1 Å². The number of nitrogens with zero attached hydrogens (tertiary/aromatic N) is 2. The number of amides is 3. The second-order valence-electron chi connectivity index (χ2n) is 16.8. The van der Waals surface area contributed by atoms with E-state index >= 15 is 0 Å². The summed E-state index contributed by atoms with van der Waals surface area (Å²) >= 11 is 8.32. The molecule has 0 bridgehead atoms. The SMILES string of the molecule is CN(C/C=C(\CCOCCOCCOCCOCCOCCOCCOCCNC(=O)CCCC[C@@H]1SC[C@@H]2NC(=O)N[C@@H]21)C(=O)O)CCCCN1c2ccccc2CCc2ccc(Cl)cc21. The van der Waals surface area contributed by atoms with Crippen LogP contribution in [0.5, 0.6) is 0 Å². The average molecular weight is 977 g/mol. The van der Waals surface area contributed by atoms with E-state index < -0.39 is 5.97 Å². The van der Waals surface area contributed by atoms with Crippen molar-refractivity contribution in [3.05, 3.63) is 70.3 Å². The minimum absolute atomic E-state index is 0.0356. The summed E-state index contributed by atoms with van der Waals surface area (Å²) in [5.74, 6) is 0.0681. The molecule has 0 aromatic heterocycles. The van der Waals surface area contributed by atoms with Crippen LogP contribution >= 0.6 is 23.4 Å². The van der Waals surface area contributed by atoms with E-state index in [1.165, 1.54) is 22.5 Å². The summed E-state index contributed by atoms with van der Waals surface area (Å²) in [4.78, 5) is 40.0. The standard InChI is InChI=1S/C49H74ClN5O11S/c1-54(19-6-7-20-55-43-9-3-2-8-38(43)12-13-39-14-15-41(50)36-44(39)55)21-16-40(48(57)58)17-22-60-24-26-62-28-30-64-32-34-66-35-33-65-31-29-63-27-25-61-23-18-51-46(56)11-5-4-10-45-47-42(37-67-45)52-49(59)53-47/h2-3,8-9,14-16,36,42,45,47H,4-7,10-13,17-35,37H2,1H3,(H,51,56)(H,57,58)(H2,52,53,59)/b40-16+/t42-,45-,47-/m0/s1. The molecule has 2 saturated heterocycles. The number of carboxylic acid groups (broad SMARTS) is 1. The third-order valence-corrected chi connectivity index (χ3v) is 13.5. The van der Waals surface area contributed by atoms with Crippen molar-refractivity contribution in [2.24, 2.45) is 0 Å². The van der Waals surface area contributed by atoms with Crippen LogP contribution < -0.4 is 20.9 Å². The number of fused-ring (bicyclic) bond motifs is 3. The fraction of sp³-hybridized carbons (Fsp3) is 0.653. The molecule has 2 aromatic rings. The highest BCUT2D eigenvalue weighted by molar-refractivity contribution is 8.00. The van der Waals surface area contributed by atoms with Crippen molar-refractivity contribution in [1.29, 1.82) is 0 Å². The number of nitrogens with one attached hydrogen (secondary N) is 3. The Morgan fingerprint density at radius 3 is 2.04 bits per heavy atom. The average Bonchev–Trinajstić information content (AvgIpc) is 3.83. The number of thioether (sulfide) groups is 1. The number of halogens is 1. The number of para-hydroxylation sites is 1. The predicted molar refractivity (Wildman–Crippen MR) is 262 cm³/mol. The summed E-state index contributed by atoms with van der Waals surface area (Å²) in [5, 5.41) is 19.8. The summed E-state index contributed by atoms with van der Waals surface area (Å²) in [6, 6.07) is 15.2. The topological polar surface area (TPSA) is 179 Å². The molecule has 3 aliphatic heterocycles. The van der Waals surface area contributed by atoms with Crippen molar-refractivity contribution in [3.63, 3.8) is 0 Å². The Bertz CT molecular complexity index is 1800. The van der Waals surface area contributed by atoms with E-state index in [9.17, 15) is 19.5 Å². The molecule has 3 amide bonds. The van der Waals surface area contributed by atoms with E-state index in [0.717, 1.165) is 68.8 Å². The zero-order valence-corrected chi connectivity index (χ0v) is 40.9. The largest absolute Gasteiger partial charge is 0.478 e. The Morgan fingerprint density at radius 2 is 1.39 bits per heavy atom. The third-order valence-electron chi connectivity index (χ3n) is 11.8. The lowest BCUT2D eigenvalue weighted by atomic mass is 10.0. The molecule has 2 fully saturated rings. The van der Waals surface area contributed by atoms with Gasteiger partial charge in [-0.3, -0.25) is 4.79 Å². The number of unbranched alkanes of at least 4 members (excludes halogenated alkanes) is 2. The second-order valence-corrected chi connectivity index (χ2v) is 18.5. The minimum Gasteiger partial charge on any atom is -0.478 e. The van der Waals surface area contributed by atoms with Gasteiger partial charge in [0, 0.05) is 65.4 Å². The Kier molecular flexibility index (Phi) is 26.3. The first-order valence-electron chi connectivity index (χ1n) is 24.0. The van der Waals surface area contributed by atoms with E-state index in [1.807, 2.05) is 24.9 Å². The Labute approximate surface area is 406 Å². The lowest BCUT2D eigenvalue weighted by Crippen LogP contribution is -2.36. The molecular weight excluding hydrogens is 902 g/mol. The number of urea groups is 1. The number of carboxylic acids is 1. The van der Waals surface area contributed by atoms with Gasteiger partial charge in [0.05, 0.1) is 105 Å². The number of ether oxygens (including phenoxy) is 7. The van der Waals surface area contributed by atoms with Crippen molar-refractivity contribution in [3.8, 4) is 0 Å². The zero-order chi connectivity index (χ0) is 47.3. The van der Waals surface area contributed by atoms with Gasteiger partial charge in [0.1, 0.15) is 0 Å². The number of hydrogen-bond acceptors (Lipinski definition) is 13. The molecule has 374 valence electrons. The van der Waals surface area contributed by atoms with Crippen LogP contribution in [0.3, 0.4) is 0 Å². The van der Waals surface area contributed by atoms with Crippen molar-refractivity contribution in [2.45, 2.75) is 75.1 Å². The van der Waals surface area contributed by atoms with Crippen LogP contribution in [0.1, 0.15) is 56.1 Å². The molecule has 2 aromatic carbocycles. The molecule has 5 rings (SSSR count). The smallest absolute Gasteiger partial charge is 0.331 e. The monoisotopic (exact) mass is 975 g/mol. The number of aliphatic carboxylic acids is 1. The number of rotatable bonds is 37. The number of likely N-dealkylation sites (N-methyl/N-ethyl adjacent to an activating group) is 1. The summed E-state index contributed by atoms with van der Waals surface area (Å²) in [5.41, 5.74) is 5.46. The fourth-order valence-electron chi connectivity index (χ4n) is 8.16. The number of aryl methyl sites for hydroxylation is 2. The van der Waals surface area contributed by atoms with Crippen LogP contribution in [0.4, 0.5) is 16.2 Å². The number of carbonyl (C=O) groups is 3. The van der Waals surface area contributed by atoms with Crippen molar-refractivity contribution in [2.75, 3.05) is 136 Å². The van der Waals surface area contributed by atoms with Gasteiger partial charge < -0.3 is 64.0 Å². The van der Waals surface area contributed by atoms with Crippen molar-refractivity contribution >= 4 is 52.6 Å². The van der Waals surface area contributed by atoms with Gasteiger partial charge in [-0.25, -0.2) is 9.59 Å². The number of benzene rings is 2. The van der Waals surface area contributed by atoms with Gasteiger partial charge in [0.15, 0.2) is 0 Å². The van der Waals surface area contributed by atoms with Gasteiger partial charge in [-0.15, -0.1) is 0 Å². The van der Waals surface area contributed by atoms with Gasteiger partial charge in [-0.1, -0.05) is 48.4 Å². The summed E-state index contributed by atoms with van der Waals surface area (Å²) < 4.78 is 38.9. The maximum Gasteiger partial charge on any atom is 0.331 e.